The standard InChI is InChI=1S/C19H21FN2O2/c1-19(2,3)15-9-4-5-10-16(15)22-18(24)12-17(23)21-14-8-6-7-13(20)11-14/h4-11H,12H2,1-3H3,(H,21,23)(H,22,24). The van der Waals surface area contributed by atoms with Crippen LogP contribution in [0.3, 0.4) is 0 Å². The fraction of sp³-hybridized carbons (Fsp3) is 0.263. The molecule has 2 rings (SSSR count). The summed E-state index contributed by atoms with van der Waals surface area (Å²) in [6.07, 6.45) is -0.338. The van der Waals surface area contributed by atoms with Crippen LogP contribution in [-0.4, -0.2) is 11.8 Å². The maximum atomic E-state index is 13.1. The highest BCUT2D eigenvalue weighted by atomic mass is 19.1. The highest BCUT2D eigenvalue weighted by Crippen LogP contribution is 2.29. The number of nitrogens with one attached hydrogen (secondary N) is 2. The van der Waals surface area contributed by atoms with Gasteiger partial charge in [-0.25, -0.2) is 4.39 Å². The van der Waals surface area contributed by atoms with Crippen molar-refractivity contribution in [1.29, 1.82) is 0 Å². The number of benzene rings is 2. The molecule has 0 aliphatic carbocycles. The number of amides is 2. The van der Waals surface area contributed by atoms with Gasteiger partial charge in [-0.2, -0.15) is 0 Å². The Kier molecular flexibility index (Phi) is 5.34. The number of hydrogen-bond acceptors (Lipinski definition) is 2. The van der Waals surface area contributed by atoms with E-state index in [1.165, 1.54) is 18.2 Å². The Morgan fingerprint density at radius 3 is 2.29 bits per heavy atom. The molecule has 4 nitrogen and oxygen atoms in total. The molecule has 0 saturated carbocycles. The Bertz CT molecular complexity index is 751. The van der Waals surface area contributed by atoms with Gasteiger partial charge in [0.25, 0.3) is 0 Å². The molecule has 0 atom stereocenters. The number of hydrogen-bond donors (Lipinski definition) is 2. The maximum Gasteiger partial charge on any atom is 0.233 e. The second-order valence-electron chi connectivity index (χ2n) is 6.58. The Morgan fingerprint density at radius 2 is 1.62 bits per heavy atom. The molecular formula is C19H21FN2O2. The topological polar surface area (TPSA) is 58.2 Å². The van der Waals surface area contributed by atoms with Crippen molar-refractivity contribution >= 4 is 23.2 Å². The van der Waals surface area contributed by atoms with Crippen molar-refractivity contribution in [3.63, 3.8) is 0 Å². The SMILES string of the molecule is CC(C)(C)c1ccccc1NC(=O)CC(=O)Nc1cccc(F)c1. The van der Waals surface area contributed by atoms with Gasteiger partial charge in [0.15, 0.2) is 0 Å². The first-order valence-corrected chi connectivity index (χ1v) is 7.70. The van der Waals surface area contributed by atoms with E-state index >= 15 is 0 Å². The zero-order valence-corrected chi connectivity index (χ0v) is 14.0. The minimum absolute atomic E-state index is 0.131. The molecule has 2 amide bonds. The molecule has 0 unspecified atom stereocenters. The number of halogens is 1. The van der Waals surface area contributed by atoms with Gasteiger partial charge in [0.1, 0.15) is 12.2 Å². The average Bonchev–Trinajstić information content (AvgIpc) is 2.46. The van der Waals surface area contributed by atoms with Crippen LogP contribution in [0.15, 0.2) is 48.5 Å². The summed E-state index contributed by atoms with van der Waals surface area (Å²) >= 11 is 0. The molecule has 2 aromatic carbocycles. The number of carbonyl (C=O) groups excluding carboxylic acids is 2. The van der Waals surface area contributed by atoms with E-state index in [2.05, 4.69) is 31.4 Å². The Hall–Kier alpha value is -2.69. The fourth-order valence-electron chi connectivity index (χ4n) is 2.36. The molecule has 2 N–H and O–H groups in total. The van der Waals surface area contributed by atoms with Crippen molar-refractivity contribution in [1.82, 2.24) is 0 Å². The third kappa shape index (κ3) is 4.91. The van der Waals surface area contributed by atoms with Gasteiger partial charge < -0.3 is 10.6 Å². The molecule has 2 aromatic rings. The minimum Gasteiger partial charge on any atom is -0.326 e. The van der Waals surface area contributed by atoms with Gasteiger partial charge in [0, 0.05) is 11.4 Å². The van der Waals surface area contributed by atoms with E-state index in [1.807, 2.05) is 24.3 Å². The Morgan fingerprint density at radius 1 is 0.958 bits per heavy atom. The van der Waals surface area contributed by atoms with E-state index in [9.17, 15) is 14.0 Å². The lowest BCUT2D eigenvalue weighted by atomic mass is 9.86. The normalized spacial score (nSPS) is 11.0. The first-order chi connectivity index (χ1) is 11.3. The molecule has 0 bridgehead atoms. The number of para-hydroxylation sites is 1. The second kappa shape index (κ2) is 7.25. The summed E-state index contributed by atoms with van der Waals surface area (Å²) in [5.41, 5.74) is 1.87. The van der Waals surface area contributed by atoms with Crippen LogP contribution in [0.25, 0.3) is 0 Å². The van der Waals surface area contributed by atoms with E-state index in [0.717, 1.165) is 5.56 Å². The number of carbonyl (C=O) groups is 2. The predicted octanol–water partition coefficient (Wildman–Crippen LogP) is 4.09. The zero-order valence-electron chi connectivity index (χ0n) is 14.0. The molecule has 5 heteroatoms. The van der Waals surface area contributed by atoms with Crippen LogP contribution in [0.5, 0.6) is 0 Å². The van der Waals surface area contributed by atoms with Crippen LogP contribution >= 0.6 is 0 Å². The van der Waals surface area contributed by atoms with E-state index in [-0.39, 0.29) is 11.8 Å². The van der Waals surface area contributed by atoms with Crippen molar-refractivity contribution in [2.75, 3.05) is 10.6 Å². The van der Waals surface area contributed by atoms with Gasteiger partial charge in [-0.1, -0.05) is 45.0 Å². The van der Waals surface area contributed by atoms with E-state index < -0.39 is 17.6 Å². The van der Waals surface area contributed by atoms with Gasteiger partial charge in [0.05, 0.1) is 0 Å². The number of rotatable bonds is 4. The maximum absolute atomic E-state index is 13.1. The zero-order chi connectivity index (χ0) is 17.7. The molecule has 0 aliphatic rings. The average molecular weight is 328 g/mol. The van der Waals surface area contributed by atoms with Crippen molar-refractivity contribution in [2.24, 2.45) is 0 Å². The lowest BCUT2D eigenvalue weighted by molar-refractivity contribution is -0.123. The van der Waals surface area contributed by atoms with Crippen molar-refractivity contribution in [2.45, 2.75) is 32.6 Å². The third-order valence-corrected chi connectivity index (χ3v) is 3.44. The lowest BCUT2D eigenvalue weighted by Crippen LogP contribution is -2.23. The summed E-state index contributed by atoms with van der Waals surface area (Å²) in [4.78, 5) is 24.0. The molecule has 0 fully saturated rings. The minimum atomic E-state index is -0.494. The van der Waals surface area contributed by atoms with Crippen LogP contribution < -0.4 is 10.6 Å². The van der Waals surface area contributed by atoms with Crippen LogP contribution in [-0.2, 0) is 15.0 Å². The highest BCUT2D eigenvalue weighted by molar-refractivity contribution is 6.08. The molecule has 24 heavy (non-hydrogen) atoms. The van der Waals surface area contributed by atoms with Gasteiger partial charge in [-0.05, 0) is 35.2 Å². The molecule has 126 valence electrons. The molecular weight excluding hydrogens is 307 g/mol. The summed E-state index contributed by atoms with van der Waals surface area (Å²) in [5.74, 6) is -1.36. The van der Waals surface area contributed by atoms with E-state index in [4.69, 9.17) is 0 Å². The van der Waals surface area contributed by atoms with Crippen LogP contribution in [0.1, 0.15) is 32.8 Å². The molecule has 0 spiro atoms. The fourth-order valence-corrected chi connectivity index (χ4v) is 2.36. The predicted molar refractivity (Wildman–Crippen MR) is 93.4 cm³/mol. The summed E-state index contributed by atoms with van der Waals surface area (Å²) in [5, 5.41) is 5.28. The summed E-state index contributed by atoms with van der Waals surface area (Å²) in [6.45, 7) is 6.15. The van der Waals surface area contributed by atoms with Gasteiger partial charge in [-0.15, -0.1) is 0 Å². The molecule has 0 heterocycles. The van der Waals surface area contributed by atoms with Crippen LogP contribution in [0.2, 0.25) is 0 Å². The summed E-state index contributed by atoms with van der Waals surface area (Å²) < 4.78 is 13.1. The van der Waals surface area contributed by atoms with E-state index in [0.29, 0.717) is 11.4 Å². The van der Waals surface area contributed by atoms with Gasteiger partial charge >= 0.3 is 0 Å². The quantitative estimate of drug-likeness (QED) is 0.831. The smallest absolute Gasteiger partial charge is 0.233 e. The van der Waals surface area contributed by atoms with E-state index in [1.54, 1.807) is 6.07 Å². The second-order valence-corrected chi connectivity index (χ2v) is 6.58. The molecule has 0 saturated heterocycles. The molecule has 0 aromatic heterocycles. The first-order valence-electron chi connectivity index (χ1n) is 7.70. The number of anilines is 2. The van der Waals surface area contributed by atoms with Crippen molar-refractivity contribution < 1.29 is 14.0 Å². The molecule has 0 aliphatic heterocycles. The van der Waals surface area contributed by atoms with Crippen molar-refractivity contribution in [3.8, 4) is 0 Å². The van der Waals surface area contributed by atoms with Crippen LogP contribution in [0, 0.1) is 5.82 Å². The van der Waals surface area contributed by atoms with Crippen molar-refractivity contribution in [3.05, 3.63) is 59.9 Å². The lowest BCUT2D eigenvalue weighted by Gasteiger charge is -2.22. The third-order valence-electron chi connectivity index (χ3n) is 3.44. The Labute approximate surface area is 141 Å². The summed E-state index contributed by atoms with van der Waals surface area (Å²) in [7, 11) is 0. The highest BCUT2D eigenvalue weighted by Gasteiger charge is 2.19. The monoisotopic (exact) mass is 328 g/mol. The molecule has 0 radical (unpaired) electrons. The van der Waals surface area contributed by atoms with Gasteiger partial charge in [-0.3, -0.25) is 9.59 Å². The summed E-state index contributed by atoms with van der Waals surface area (Å²) in [6, 6.07) is 13.0. The van der Waals surface area contributed by atoms with Gasteiger partial charge in [0.2, 0.25) is 11.8 Å². The Balaban J connectivity index is 2.00. The van der Waals surface area contributed by atoms with Crippen LogP contribution in [0.4, 0.5) is 15.8 Å². The largest absolute Gasteiger partial charge is 0.326 e. The first kappa shape index (κ1) is 17.7.